The second kappa shape index (κ2) is 8.53. The molecule has 1 atom stereocenters. The van der Waals surface area contributed by atoms with Gasteiger partial charge in [-0.05, 0) is 12.3 Å². The Balaban J connectivity index is 0.000000921. The van der Waals surface area contributed by atoms with Gasteiger partial charge in [-0.2, -0.15) is 0 Å². The average Bonchev–Trinajstić information content (AvgIpc) is 2.68. The molecule has 0 aliphatic carbocycles. The first-order valence-corrected chi connectivity index (χ1v) is 5.64. The fraction of sp³-hybridized carbons (Fsp3) is 0.909. The van der Waals surface area contributed by atoms with E-state index in [0.717, 1.165) is 19.5 Å². The molecule has 4 heteroatoms. The minimum Gasteiger partial charge on any atom is -0.447 e. The summed E-state index contributed by atoms with van der Waals surface area (Å²) in [6.07, 6.45) is 0.876. The van der Waals surface area contributed by atoms with Crippen LogP contribution in [-0.4, -0.2) is 44.4 Å². The zero-order chi connectivity index (χ0) is 11.7. The van der Waals surface area contributed by atoms with Gasteiger partial charge in [0, 0.05) is 20.2 Å². The smallest absolute Gasteiger partial charge is 0.409 e. The molecule has 0 radical (unpaired) electrons. The van der Waals surface area contributed by atoms with E-state index in [4.69, 9.17) is 9.47 Å². The van der Waals surface area contributed by atoms with E-state index in [0.29, 0.717) is 19.1 Å². The number of ether oxygens (including phenoxy) is 2. The van der Waals surface area contributed by atoms with Gasteiger partial charge in [0.05, 0.1) is 6.61 Å². The summed E-state index contributed by atoms with van der Waals surface area (Å²) in [4.78, 5) is 13.1. The molecule has 1 rings (SSSR count). The summed E-state index contributed by atoms with van der Waals surface area (Å²) in [6.45, 7) is 8.61. The normalized spacial score (nSPS) is 19.5. The van der Waals surface area contributed by atoms with Gasteiger partial charge >= 0.3 is 6.09 Å². The Labute approximate surface area is 92.5 Å². The van der Waals surface area contributed by atoms with Crippen LogP contribution in [0.3, 0.4) is 0 Å². The lowest BCUT2D eigenvalue weighted by molar-refractivity contribution is 0.0762. The Morgan fingerprint density at radius 3 is 2.53 bits per heavy atom. The average molecular weight is 217 g/mol. The minimum atomic E-state index is -0.207. The van der Waals surface area contributed by atoms with Crippen molar-refractivity contribution < 1.29 is 14.3 Å². The van der Waals surface area contributed by atoms with Crippen molar-refractivity contribution in [1.82, 2.24) is 4.90 Å². The highest BCUT2D eigenvalue weighted by Gasteiger charge is 2.23. The van der Waals surface area contributed by atoms with E-state index in [1.165, 1.54) is 0 Å². The van der Waals surface area contributed by atoms with Gasteiger partial charge in [-0.15, -0.1) is 0 Å². The molecule has 1 saturated heterocycles. The van der Waals surface area contributed by atoms with E-state index in [9.17, 15) is 4.79 Å². The molecule has 90 valence electrons. The molecule has 1 unspecified atom stereocenters. The number of carbonyl (C=O) groups excluding carboxylic acids is 1. The zero-order valence-electron chi connectivity index (χ0n) is 10.3. The molecule has 1 amide bonds. The van der Waals surface area contributed by atoms with Crippen LogP contribution in [0.25, 0.3) is 0 Å². The van der Waals surface area contributed by atoms with Crippen molar-refractivity contribution >= 4 is 6.09 Å². The van der Waals surface area contributed by atoms with Crippen molar-refractivity contribution in [3.05, 3.63) is 0 Å². The van der Waals surface area contributed by atoms with Crippen LogP contribution in [0, 0.1) is 5.92 Å². The third-order valence-corrected chi connectivity index (χ3v) is 2.20. The summed E-state index contributed by atoms with van der Waals surface area (Å²) in [6, 6.07) is 0. The molecule has 0 N–H and O–H groups in total. The number of rotatable bonds is 3. The van der Waals surface area contributed by atoms with Gasteiger partial charge in [-0.25, -0.2) is 4.79 Å². The number of carbonyl (C=O) groups is 1. The summed E-state index contributed by atoms with van der Waals surface area (Å²) in [7, 11) is 1.59. The molecule has 1 heterocycles. The number of hydrogen-bond donors (Lipinski definition) is 0. The first kappa shape index (κ1) is 14.2. The van der Waals surface area contributed by atoms with Crippen LogP contribution in [-0.2, 0) is 9.47 Å². The molecule has 1 aliphatic rings. The van der Waals surface area contributed by atoms with E-state index >= 15 is 0 Å². The summed E-state index contributed by atoms with van der Waals surface area (Å²) < 4.78 is 9.76. The van der Waals surface area contributed by atoms with Crippen molar-refractivity contribution in [2.45, 2.75) is 27.2 Å². The molecule has 1 fully saturated rings. The Morgan fingerprint density at radius 1 is 1.40 bits per heavy atom. The van der Waals surface area contributed by atoms with E-state index in [-0.39, 0.29) is 6.09 Å². The summed E-state index contributed by atoms with van der Waals surface area (Å²) in [5.41, 5.74) is 0. The van der Waals surface area contributed by atoms with Gasteiger partial charge < -0.3 is 14.4 Å². The fourth-order valence-electron chi connectivity index (χ4n) is 1.40. The lowest BCUT2D eigenvalue weighted by Crippen LogP contribution is -2.29. The number of likely N-dealkylation sites (tertiary alicyclic amines) is 1. The highest BCUT2D eigenvalue weighted by molar-refractivity contribution is 5.67. The zero-order valence-corrected chi connectivity index (χ0v) is 10.3. The quantitative estimate of drug-likeness (QED) is 0.680. The molecule has 0 aromatic carbocycles. The second-order valence-corrected chi connectivity index (χ2v) is 3.45. The molecular formula is C11H23NO3. The monoisotopic (exact) mass is 217 g/mol. The van der Waals surface area contributed by atoms with Crippen molar-refractivity contribution in [2.75, 3.05) is 33.4 Å². The maximum Gasteiger partial charge on any atom is 0.409 e. The third-order valence-electron chi connectivity index (χ3n) is 2.20. The maximum absolute atomic E-state index is 11.3. The van der Waals surface area contributed by atoms with E-state index in [1.54, 1.807) is 12.0 Å². The first-order valence-electron chi connectivity index (χ1n) is 5.64. The van der Waals surface area contributed by atoms with Crippen molar-refractivity contribution in [1.29, 1.82) is 0 Å². The van der Waals surface area contributed by atoms with Crippen molar-refractivity contribution in [2.24, 2.45) is 5.92 Å². The molecule has 0 bridgehead atoms. The Kier molecular flexibility index (Phi) is 8.09. The number of methoxy groups -OCH3 is 1. The van der Waals surface area contributed by atoms with Crippen LogP contribution in [0.4, 0.5) is 4.79 Å². The molecule has 0 saturated carbocycles. The SMILES string of the molecule is CC.COCCOC(=O)N1CCC(C)C1. The van der Waals surface area contributed by atoms with Gasteiger partial charge in [-0.1, -0.05) is 20.8 Å². The van der Waals surface area contributed by atoms with E-state index in [2.05, 4.69) is 6.92 Å². The van der Waals surface area contributed by atoms with Crippen LogP contribution < -0.4 is 0 Å². The molecule has 4 nitrogen and oxygen atoms in total. The highest BCUT2D eigenvalue weighted by atomic mass is 16.6. The molecular weight excluding hydrogens is 194 g/mol. The predicted octanol–water partition coefficient (Wildman–Crippen LogP) is 2.14. The third kappa shape index (κ3) is 5.62. The summed E-state index contributed by atoms with van der Waals surface area (Å²) >= 11 is 0. The summed E-state index contributed by atoms with van der Waals surface area (Å²) in [5.74, 6) is 0.606. The number of nitrogens with zero attached hydrogens (tertiary/aromatic N) is 1. The van der Waals surface area contributed by atoms with Gasteiger partial charge in [0.25, 0.3) is 0 Å². The highest BCUT2D eigenvalue weighted by Crippen LogP contribution is 2.15. The Hall–Kier alpha value is -0.770. The van der Waals surface area contributed by atoms with E-state index in [1.807, 2.05) is 13.8 Å². The molecule has 1 aliphatic heterocycles. The van der Waals surface area contributed by atoms with Crippen LogP contribution in [0.1, 0.15) is 27.2 Å². The lowest BCUT2D eigenvalue weighted by Gasteiger charge is -2.15. The number of amides is 1. The molecule has 0 spiro atoms. The lowest BCUT2D eigenvalue weighted by atomic mass is 10.2. The predicted molar refractivity (Wildman–Crippen MR) is 59.9 cm³/mol. The van der Waals surface area contributed by atoms with Crippen LogP contribution in [0.15, 0.2) is 0 Å². The van der Waals surface area contributed by atoms with Gasteiger partial charge in [-0.3, -0.25) is 0 Å². The maximum atomic E-state index is 11.3. The topological polar surface area (TPSA) is 38.8 Å². The van der Waals surface area contributed by atoms with Crippen molar-refractivity contribution in [3.8, 4) is 0 Å². The molecule has 0 aromatic heterocycles. The Morgan fingerprint density at radius 2 is 2.07 bits per heavy atom. The van der Waals surface area contributed by atoms with Gasteiger partial charge in [0.15, 0.2) is 0 Å². The number of hydrogen-bond acceptors (Lipinski definition) is 3. The van der Waals surface area contributed by atoms with E-state index < -0.39 is 0 Å². The van der Waals surface area contributed by atoms with Gasteiger partial charge in [0.2, 0.25) is 0 Å². The standard InChI is InChI=1S/C9H17NO3.C2H6/c1-8-3-4-10(7-8)9(11)13-6-5-12-2;1-2/h8H,3-7H2,1-2H3;1-2H3. The Bertz CT molecular complexity index is 173. The largest absolute Gasteiger partial charge is 0.447 e. The van der Waals surface area contributed by atoms with Gasteiger partial charge in [0.1, 0.15) is 6.61 Å². The first-order chi connectivity index (χ1) is 7.24. The minimum absolute atomic E-state index is 0.207. The van der Waals surface area contributed by atoms with Crippen LogP contribution in [0.2, 0.25) is 0 Å². The summed E-state index contributed by atoms with van der Waals surface area (Å²) in [5, 5.41) is 0. The second-order valence-electron chi connectivity index (χ2n) is 3.45. The fourth-order valence-corrected chi connectivity index (χ4v) is 1.40. The molecule has 15 heavy (non-hydrogen) atoms. The molecule has 0 aromatic rings. The van der Waals surface area contributed by atoms with Crippen LogP contribution >= 0.6 is 0 Å². The van der Waals surface area contributed by atoms with Crippen molar-refractivity contribution in [3.63, 3.8) is 0 Å². The van der Waals surface area contributed by atoms with Crippen LogP contribution in [0.5, 0.6) is 0 Å².